The van der Waals surface area contributed by atoms with E-state index in [1.807, 2.05) is 19.1 Å². The number of carbonyl (C=O) groups is 1. The van der Waals surface area contributed by atoms with Gasteiger partial charge < -0.3 is 4.90 Å². The summed E-state index contributed by atoms with van der Waals surface area (Å²) in [6, 6.07) is 12.5. The van der Waals surface area contributed by atoms with Gasteiger partial charge >= 0.3 is 0 Å². The lowest BCUT2D eigenvalue weighted by Gasteiger charge is -2.16. The minimum atomic E-state index is -0.325. The van der Waals surface area contributed by atoms with Gasteiger partial charge in [-0.3, -0.25) is 4.79 Å². The molecule has 1 heterocycles. The van der Waals surface area contributed by atoms with Gasteiger partial charge in [0.05, 0.1) is 17.2 Å². The van der Waals surface area contributed by atoms with Gasteiger partial charge in [-0.15, -0.1) is 0 Å². The zero-order chi connectivity index (χ0) is 15.7. The third-order valence-corrected chi connectivity index (χ3v) is 4.06. The molecule has 0 unspecified atom stereocenters. The van der Waals surface area contributed by atoms with Crippen LogP contribution in [0.3, 0.4) is 0 Å². The van der Waals surface area contributed by atoms with Crippen LogP contribution in [-0.4, -0.2) is 10.8 Å². The Bertz CT molecular complexity index is 792. The number of fused-ring (bicyclic) bond motifs is 1. The number of carbonyl (C=O) groups excluding carboxylic acids is 1. The van der Waals surface area contributed by atoms with E-state index in [-0.39, 0.29) is 11.7 Å². The highest BCUT2D eigenvalue weighted by Crippen LogP contribution is 2.29. The molecule has 22 heavy (non-hydrogen) atoms. The highest BCUT2D eigenvalue weighted by Gasteiger charge is 2.31. The number of benzene rings is 2. The van der Waals surface area contributed by atoms with Crippen molar-refractivity contribution in [3.05, 3.63) is 70.0 Å². The average Bonchev–Trinajstić information content (AvgIpc) is 2.85. The summed E-state index contributed by atoms with van der Waals surface area (Å²) in [5.41, 5.74) is 3.21. The zero-order valence-electron chi connectivity index (χ0n) is 12.3. The first-order chi connectivity index (χ1) is 10.7. The summed E-state index contributed by atoms with van der Waals surface area (Å²) >= 11 is 0. The van der Waals surface area contributed by atoms with Crippen molar-refractivity contribution in [1.82, 2.24) is 4.90 Å². The molecule has 3 rings (SSSR count). The van der Waals surface area contributed by atoms with Crippen LogP contribution < -0.4 is 0 Å². The Balaban J connectivity index is 1.94. The maximum atomic E-state index is 13.9. The van der Waals surface area contributed by atoms with Crippen molar-refractivity contribution in [2.24, 2.45) is 0 Å². The summed E-state index contributed by atoms with van der Waals surface area (Å²) in [7, 11) is 0. The van der Waals surface area contributed by atoms with Crippen LogP contribution in [0.2, 0.25) is 0 Å². The standard InChI is InChI=1S/C18H15FN2O/c1-2-15-16(19)8-7-14-11-21(18(22)17(14)15)10-13-6-4-3-5-12(13)9-20/h3-8H,2,10-11H2,1H3. The van der Waals surface area contributed by atoms with E-state index in [0.717, 1.165) is 11.1 Å². The molecule has 0 radical (unpaired) electrons. The molecule has 0 spiro atoms. The van der Waals surface area contributed by atoms with Crippen molar-refractivity contribution in [2.45, 2.75) is 26.4 Å². The third-order valence-electron chi connectivity index (χ3n) is 4.06. The second kappa shape index (κ2) is 5.61. The van der Waals surface area contributed by atoms with Gasteiger partial charge in [0.15, 0.2) is 0 Å². The fourth-order valence-corrected chi connectivity index (χ4v) is 2.95. The lowest BCUT2D eigenvalue weighted by Crippen LogP contribution is -2.24. The number of halogens is 1. The van der Waals surface area contributed by atoms with Crippen LogP contribution in [0.4, 0.5) is 4.39 Å². The summed E-state index contributed by atoms with van der Waals surface area (Å²) in [6.07, 6.45) is 0.489. The Morgan fingerprint density at radius 2 is 2.05 bits per heavy atom. The molecule has 1 aliphatic heterocycles. The quantitative estimate of drug-likeness (QED) is 0.870. The molecule has 0 aliphatic carbocycles. The maximum Gasteiger partial charge on any atom is 0.255 e. The number of hydrogen-bond acceptors (Lipinski definition) is 2. The third kappa shape index (κ3) is 2.25. The minimum Gasteiger partial charge on any atom is -0.330 e. The van der Waals surface area contributed by atoms with Gasteiger partial charge in [0, 0.05) is 18.7 Å². The van der Waals surface area contributed by atoms with E-state index in [1.54, 1.807) is 23.1 Å². The Morgan fingerprint density at radius 3 is 2.77 bits per heavy atom. The number of rotatable bonds is 3. The SMILES string of the molecule is CCc1c(F)ccc2c1C(=O)N(Cc1ccccc1C#N)C2. The molecule has 2 aromatic rings. The molecule has 0 aromatic heterocycles. The average molecular weight is 294 g/mol. The fourth-order valence-electron chi connectivity index (χ4n) is 2.95. The van der Waals surface area contributed by atoms with E-state index < -0.39 is 0 Å². The first-order valence-corrected chi connectivity index (χ1v) is 7.23. The lowest BCUT2D eigenvalue weighted by atomic mass is 10.0. The Kier molecular flexibility index (Phi) is 3.64. The second-order valence-electron chi connectivity index (χ2n) is 5.34. The Morgan fingerprint density at radius 1 is 1.27 bits per heavy atom. The van der Waals surface area contributed by atoms with Gasteiger partial charge in [-0.05, 0) is 29.7 Å². The fraction of sp³-hybridized carbons (Fsp3) is 0.222. The van der Waals surface area contributed by atoms with E-state index in [1.165, 1.54) is 6.07 Å². The van der Waals surface area contributed by atoms with Gasteiger partial charge in [0.2, 0.25) is 0 Å². The van der Waals surface area contributed by atoms with Crippen LogP contribution >= 0.6 is 0 Å². The topological polar surface area (TPSA) is 44.1 Å². The molecular weight excluding hydrogens is 279 g/mol. The second-order valence-corrected chi connectivity index (χ2v) is 5.34. The normalized spacial score (nSPS) is 13.1. The molecule has 2 aromatic carbocycles. The summed E-state index contributed by atoms with van der Waals surface area (Å²) < 4.78 is 13.9. The van der Waals surface area contributed by atoms with Crippen LogP contribution in [0.1, 0.15) is 39.5 Å². The van der Waals surface area contributed by atoms with Crippen molar-refractivity contribution in [3.63, 3.8) is 0 Å². The highest BCUT2D eigenvalue weighted by atomic mass is 19.1. The number of nitrogens with zero attached hydrogens (tertiary/aromatic N) is 2. The molecule has 0 atom stereocenters. The molecule has 3 nitrogen and oxygen atoms in total. The van der Waals surface area contributed by atoms with E-state index >= 15 is 0 Å². The van der Waals surface area contributed by atoms with Crippen LogP contribution in [-0.2, 0) is 19.5 Å². The van der Waals surface area contributed by atoms with Crippen LogP contribution in [0, 0.1) is 17.1 Å². The lowest BCUT2D eigenvalue weighted by molar-refractivity contribution is 0.0765. The van der Waals surface area contributed by atoms with Gasteiger partial charge in [-0.25, -0.2) is 4.39 Å². The zero-order valence-corrected chi connectivity index (χ0v) is 12.3. The number of hydrogen-bond donors (Lipinski definition) is 0. The molecule has 0 N–H and O–H groups in total. The molecule has 0 saturated heterocycles. The van der Waals surface area contributed by atoms with Crippen molar-refractivity contribution >= 4 is 5.91 Å². The summed E-state index contributed by atoms with van der Waals surface area (Å²) in [4.78, 5) is 14.3. The highest BCUT2D eigenvalue weighted by molar-refractivity contribution is 5.99. The molecule has 0 fully saturated rings. The van der Waals surface area contributed by atoms with E-state index in [2.05, 4.69) is 6.07 Å². The predicted octanol–water partition coefficient (Wildman–Crippen LogP) is 3.42. The van der Waals surface area contributed by atoms with Crippen LogP contribution in [0.25, 0.3) is 0 Å². The van der Waals surface area contributed by atoms with Crippen molar-refractivity contribution in [1.29, 1.82) is 5.26 Å². The maximum absolute atomic E-state index is 13.9. The molecule has 1 amide bonds. The summed E-state index contributed by atoms with van der Waals surface area (Å²) in [5, 5.41) is 9.15. The molecule has 1 aliphatic rings. The van der Waals surface area contributed by atoms with Crippen molar-refractivity contribution in [3.8, 4) is 6.07 Å². The monoisotopic (exact) mass is 294 g/mol. The molecule has 110 valence electrons. The van der Waals surface area contributed by atoms with E-state index in [0.29, 0.717) is 36.2 Å². The summed E-state index contributed by atoms with van der Waals surface area (Å²) in [5.74, 6) is -0.479. The smallest absolute Gasteiger partial charge is 0.255 e. The number of amides is 1. The molecule has 0 saturated carbocycles. The molecule has 0 bridgehead atoms. The first kappa shape index (κ1) is 14.3. The van der Waals surface area contributed by atoms with Gasteiger partial charge in [0.25, 0.3) is 5.91 Å². The Labute approximate surface area is 128 Å². The van der Waals surface area contributed by atoms with Crippen molar-refractivity contribution < 1.29 is 9.18 Å². The van der Waals surface area contributed by atoms with E-state index in [9.17, 15) is 9.18 Å². The van der Waals surface area contributed by atoms with Gasteiger partial charge in [0.1, 0.15) is 5.82 Å². The van der Waals surface area contributed by atoms with Crippen LogP contribution in [0.5, 0.6) is 0 Å². The predicted molar refractivity (Wildman–Crippen MR) is 80.5 cm³/mol. The summed E-state index contributed by atoms with van der Waals surface area (Å²) in [6.45, 7) is 2.67. The molecular formula is C18H15FN2O. The van der Waals surface area contributed by atoms with Crippen molar-refractivity contribution in [2.75, 3.05) is 0 Å². The van der Waals surface area contributed by atoms with Gasteiger partial charge in [-0.2, -0.15) is 5.26 Å². The first-order valence-electron chi connectivity index (χ1n) is 7.23. The largest absolute Gasteiger partial charge is 0.330 e. The van der Waals surface area contributed by atoms with E-state index in [4.69, 9.17) is 5.26 Å². The van der Waals surface area contributed by atoms with Gasteiger partial charge in [-0.1, -0.05) is 31.2 Å². The van der Waals surface area contributed by atoms with Crippen LogP contribution in [0.15, 0.2) is 36.4 Å². The Hall–Kier alpha value is -2.67. The number of nitriles is 1. The minimum absolute atomic E-state index is 0.154. The molecule has 4 heteroatoms.